The SMILES string of the molecule is Cn1c(=O)n(C)c2cc(CNC(=O)Cc3cccs3)ccc21. The Labute approximate surface area is 131 Å². The minimum Gasteiger partial charge on any atom is -0.352 e. The second-order valence-corrected chi connectivity index (χ2v) is 6.29. The van der Waals surface area contributed by atoms with E-state index in [4.69, 9.17) is 0 Å². The number of hydrogen-bond acceptors (Lipinski definition) is 3. The van der Waals surface area contributed by atoms with E-state index in [-0.39, 0.29) is 11.6 Å². The lowest BCUT2D eigenvalue weighted by Gasteiger charge is -2.05. The maximum absolute atomic E-state index is 11.9. The van der Waals surface area contributed by atoms with E-state index >= 15 is 0 Å². The van der Waals surface area contributed by atoms with Crippen LogP contribution in [0.2, 0.25) is 0 Å². The molecule has 0 saturated heterocycles. The summed E-state index contributed by atoms with van der Waals surface area (Å²) in [6, 6.07) is 9.69. The molecule has 0 aliphatic heterocycles. The number of thiophene rings is 1. The molecule has 0 atom stereocenters. The number of nitrogens with one attached hydrogen (secondary N) is 1. The second-order valence-electron chi connectivity index (χ2n) is 5.26. The molecule has 1 amide bonds. The number of aromatic nitrogens is 2. The molecule has 5 nitrogen and oxygen atoms in total. The van der Waals surface area contributed by atoms with Gasteiger partial charge < -0.3 is 5.32 Å². The standard InChI is InChI=1S/C16H17N3O2S/c1-18-13-6-5-11(8-14(13)19(2)16(18)21)10-17-15(20)9-12-4-3-7-22-12/h3-8H,9-10H2,1-2H3,(H,17,20). The Kier molecular flexibility index (Phi) is 3.85. The van der Waals surface area contributed by atoms with Crippen LogP contribution in [0.3, 0.4) is 0 Å². The Morgan fingerprint density at radius 2 is 1.95 bits per heavy atom. The predicted molar refractivity (Wildman–Crippen MR) is 88.0 cm³/mol. The van der Waals surface area contributed by atoms with E-state index in [9.17, 15) is 9.59 Å². The summed E-state index contributed by atoms with van der Waals surface area (Å²) in [6.07, 6.45) is 0.406. The first kappa shape index (κ1) is 14.6. The molecule has 22 heavy (non-hydrogen) atoms. The molecule has 0 spiro atoms. The molecule has 2 heterocycles. The first-order chi connectivity index (χ1) is 10.6. The smallest absolute Gasteiger partial charge is 0.328 e. The maximum Gasteiger partial charge on any atom is 0.328 e. The monoisotopic (exact) mass is 315 g/mol. The Balaban J connectivity index is 1.73. The van der Waals surface area contributed by atoms with Crippen LogP contribution in [0.5, 0.6) is 0 Å². The quantitative estimate of drug-likeness (QED) is 0.798. The summed E-state index contributed by atoms with van der Waals surface area (Å²) in [7, 11) is 3.51. The van der Waals surface area contributed by atoms with Crippen molar-refractivity contribution >= 4 is 28.3 Å². The summed E-state index contributed by atoms with van der Waals surface area (Å²) >= 11 is 1.58. The van der Waals surface area contributed by atoms with Gasteiger partial charge in [0.2, 0.25) is 5.91 Å². The summed E-state index contributed by atoms with van der Waals surface area (Å²) < 4.78 is 3.24. The van der Waals surface area contributed by atoms with Crippen LogP contribution in [0.1, 0.15) is 10.4 Å². The molecule has 1 N–H and O–H groups in total. The highest BCUT2D eigenvalue weighted by atomic mass is 32.1. The molecule has 3 rings (SSSR count). The van der Waals surface area contributed by atoms with Gasteiger partial charge in [-0.15, -0.1) is 11.3 Å². The molecule has 2 aromatic heterocycles. The van der Waals surface area contributed by atoms with E-state index in [2.05, 4.69) is 5.32 Å². The molecule has 0 radical (unpaired) electrons. The van der Waals surface area contributed by atoms with Crippen molar-refractivity contribution in [2.24, 2.45) is 14.1 Å². The van der Waals surface area contributed by atoms with Crippen LogP contribution in [-0.4, -0.2) is 15.0 Å². The average molecular weight is 315 g/mol. The van der Waals surface area contributed by atoms with Crippen molar-refractivity contribution < 1.29 is 4.79 Å². The van der Waals surface area contributed by atoms with E-state index in [1.807, 2.05) is 35.7 Å². The fraction of sp³-hybridized carbons (Fsp3) is 0.250. The van der Waals surface area contributed by atoms with Gasteiger partial charge in [0.15, 0.2) is 0 Å². The summed E-state index contributed by atoms with van der Waals surface area (Å²) in [5, 5.41) is 4.88. The van der Waals surface area contributed by atoms with Crippen LogP contribution in [0, 0.1) is 0 Å². The molecule has 0 fully saturated rings. The number of amides is 1. The van der Waals surface area contributed by atoms with Crippen molar-refractivity contribution in [3.8, 4) is 0 Å². The molecule has 0 aliphatic carbocycles. The third-order valence-corrected chi connectivity index (χ3v) is 4.62. The van der Waals surface area contributed by atoms with E-state index < -0.39 is 0 Å². The van der Waals surface area contributed by atoms with E-state index in [1.165, 1.54) is 0 Å². The number of aryl methyl sites for hydroxylation is 2. The van der Waals surface area contributed by atoms with Crippen LogP contribution in [-0.2, 0) is 31.9 Å². The van der Waals surface area contributed by atoms with E-state index in [1.54, 1.807) is 34.6 Å². The zero-order valence-corrected chi connectivity index (χ0v) is 13.3. The summed E-state index contributed by atoms with van der Waals surface area (Å²) in [5.74, 6) is 0.00416. The zero-order chi connectivity index (χ0) is 15.7. The summed E-state index contributed by atoms with van der Waals surface area (Å²) in [4.78, 5) is 24.9. The van der Waals surface area contributed by atoms with Gasteiger partial charge in [-0.3, -0.25) is 13.9 Å². The molecule has 0 aliphatic rings. The average Bonchev–Trinajstić information content (AvgIpc) is 3.09. The number of nitrogens with zero attached hydrogens (tertiary/aromatic N) is 2. The number of fused-ring (bicyclic) bond motifs is 1. The fourth-order valence-electron chi connectivity index (χ4n) is 2.50. The molecule has 114 valence electrons. The van der Waals surface area contributed by atoms with Crippen LogP contribution in [0.25, 0.3) is 11.0 Å². The van der Waals surface area contributed by atoms with E-state index in [0.29, 0.717) is 13.0 Å². The van der Waals surface area contributed by atoms with Crippen LogP contribution in [0.15, 0.2) is 40.5 Å². The Bertz CT molecular complexity index is 875. The van der Waals surface area contributed by atoms with Crippen LogP contribution in [0.4, 0.5) is 0 Å². The van der Waals surface area contributed by atoms with Gasteiger partial charge in [0.1, 0.15) is 0 Å². The predicted octanol–water partition coefficient (Wildman–Crippen LogP) is 1.80. The van der Waals surface area contributed by atoms with E-state index in [0.717, 1.165) is 21.5 Å². The van der Waals surface area contributed by atoms with Crippen LogP contribution >= 0.6 is 11.3 Å². The summed E-state index contributed by atoms with van der Waals surface area (Å²) in [5.41, 5.74) is 2.70. The molecule has 0 saturated carbocycles. The third kappa shape index (κ3) is 2.69. The van der Waals surface area contributed by atoms with Crippen molar-refractivity contribution in [1.82, 2.24) is 14.5 Å². The van der Waals surface area contributed by atoms with Gasteiger partial charge >= 0.3 is 5.69 Å². The van der Waals surface area contributed by atoms with Crippen molar-refractivity contribution in [1.29, 1.82) is 0 Å². The number of imidazole rings is 1. The molecule has 3 aromatic rings. The van der Waals surface area contributed by atoms with Crippen LogP contribution < -0.4 is 11.0 Å². The Morgan fingerprint density at radius 3 is 2.68 bits per heavy atom. The molecule has 6 heteroatoms. The fourth-order valence-corrected chi connectivity index (χ4v) is 3.20. The Hall–Kier alpha value is -2.34. The maximum atomic E-state index is 11.9. The van der Waals surface area contributed by atoms with Crippen molar-refractivity contribution in [2.45, 2.75) is 13.0 Å². The number of carbonyl (C=O) groups excluding carboxylic acids is 1. The summed E-state index contributed by atoms with van der Waals surface area (Å²) in [6.45, 7) is 0.462. The zero-order valence-electron chi connectivity index (χ0n) is 12.5. The van der Waals surface area contributed by atoms with Gasteiger partial charge in [0.25, 0.3) is 0 Å². The van der Waals surface area contributed by atoms with Gasteiger partial charge in [-0.05, 0) is 29.1 Å². The van der Waals surface area contributed by atoms with Crippen molar-refractivity contribution in [3.05, 3.63) is 56.6 Å². The van der Waals surface area contributed by atoms with Gasteiger partial charge in [0, 0.05) is 25.5 Å². The lowest BCUT2D eigenvalue weighted by atomic mass is 10.2. The minimum absolute atomic E-state index is 0.00416. The molecular formula is C16H17N3O2S. The molecule has 0 unspecified atom stereocenters. The first-order valence-electron chi connectivity index (χ1n) is 6.99. The minimum atomic E-state index is -0.0473. The molecular weight excluding hydrogens is 298 g/mol. The number of benzene rings is 1. The molecule has 1 aromatic carbocycles. The topological polar surface area (TPSA) is 56.0 Å². The van der Waals surface area contributed by atoms with Crippen molar-refractivity contribution in [2.75, 3.05) is 0 Å². The molecule has 0 bridgehead atoms. The van der Waals surface area contributed by atoms with Gasteiger partial charge in [-0.25, -0.2) is 4.79 Å². The van der Waals surface area contributed by atoms with Crippen molar-refractivity contribution in [3.63, 3.8) is 0 Å². The number of hydrogen-bond donors (Lipinski definition) is 1. The third-order valence-electron chi connectivity index (χ3n) is 3.74. The largest absolute Gasteiger partial charge is 0.352 e. The highest BCUT2D eigenvalue weighted by Crippen LogP contribution is 2.14. The second kappa shape index (κ2) is 5.81. The lowest BCUT2D eigenvalue weighted by molar-refractivity contribution is -0.120. The highest BCUT2D eigenvalue weighted by molar-refractivity contribution is 7.10. The number of rotatable bonds is 4. The number of carbonyl (C=O) groups is 1. The Morgan fingerprint density at radius 1 is 1.18 bits per heavy atom. The normalized spacial score (nSPS) is 11.0. The first-order valence-corrected chi connectivity index (χ1v) is 7.87. The van der Waals surface area contributed by atoms with Gasteiger partial charge in [-0.2, -0.15) is 0 Å². The van der Waals surface area contributed by atoms with Gasteiger partial charge in [-0.1, -0.05) is 12.1 Å². The lowest BCUT2D eigenvalue weighted by Crippen LogP contribution is -2.24. The van der Waals surface area contributed by atoms with Gasteiger partial charge in [0.05, 0.1) is 17.5 Å². The highest BCUT2D eigenvalue weighted by Gasteiger charge is 2.09.